The van der Waals surface area contributed by atoms with Crippen molar-refractivity contribution in [2.24, 2.45) is 0 Å². The molecular formula is C20H21F7N4O. The third-order valence-corrected chi connectivity index (χ3v) is 4.80. The summed E-state index contributed by atoms with van der Waals surface area (Å²) in [6.07, 6.45) is -8.29. The molecule has 3 rings (SSSR count). The number of nitrogens with one attached hydrogen (secondary N) is 1. The number of urea groups is 1. The number of anilines is 2. The lowest BCUT2D eigenvalue weighted by Gasteiger charge is -2.40. The number of hydrogen-bond donors (Lipinski definition) is 1. The maximum Gasteiger partial charge on any atom is 0.419 e. The van der Waals surface area contributed by atoms with Gasteiger partial charge in [0.1, 0.15) is 11.6 Å². The molecule has 1 N–H and O–H groups in total. The highest BCUT2D eigenvalue weighted by atomic mass is 19.4. The van der Waals surface area contributed by atoms with Crippen LogP contribution in [-0.4, -0.2) is 41.6 Å². The van der Waals surface area contributed by atoms with Gasteiger partial charge in [0.15, 0.2) is 0 Å². The van der Waals surface area contributed by atoms with Crippen LogP contribution in [0.5, 0.6) is 0 Å². The predicted molar refractivity (Wildman–Crippen MR) is 105 cm³/mol. The van der Waals surface area contributed by atoms with Crippen LogP contribution in [0.15, 0.2) is 36.5 Å². The van der Waals surface area contributed by atoms with Crippen LogP contribution in [0.3, 0.4) is 0 Å². The topological polar surface area (TPSA) is 48.5 Å². The van der Waals surface area contributed by atoms with Crippen LogP contribution in [0, 0.1) is 5.82 Å². The van der Waals surface area contributed by atoms with Crippen molar-refractivity contribution in [2.75, 3.05) is 29.9 Å². The first-order valence-electron chi connectivity index (χ1n) is 9.09. The summed E-state index contributed by atoms with van der Waals surface area (Å²) in [5.74, 6) is -1.72. The number of benzene rings is 1. The van der Waals surface area contributed by atoms with Crippen LogP contribution in [0.25, 0.3) is 0 Å². The molecule has 2 heterocycles. The van der Waals surface area contributed by atoms with E-state index >= 15 is 0 Å². The summed E-state index contributed by atoms with van der Waals surface area (Å²) in [4.78, 5) is 19.0. The highest BCUT2D eigenvalue weighted by molar-refractivity contribution is 5.89. The Morgan fingerprint density at radius 2 is 1.72 bits per heavy atom. The fraction of sp³-hybridized carbons (Fsp3) is 0.400. The summed E-state index contributed by atoms with van der Waals surface area (Å²) in [6, 6.07) is 2.85. The fourth-order valence-electron chi connectivity index (χ4n) is 3.34. The van der Waals surface area contributed by atoms with Gasteiger partial charge in [-0.3, -0.25) is 0 Å². The number of aromatic nitrogens is 1. The predicted octanol–water partition coefficient (Wildman–Crippen LogP) is 5.64. The Morgan fingerprint density at radius 1 is 1.06 bits per heavy atom. The molecule has 2 amide bonds. The molecule has 1 atom stereocenters. The Morgan fingerprint density at radius 3 is 2.31 bits per heavy atom. The van der Waals surface area contributed by atoms with E-state index in [1.54, 1.807) is 6.92 Å². The molecule has 1 fully saturated rings. The quantitative estimate of drug-likeness (QED) is 0.583. The molecule has 0 radical (unpaired) electrons. The number of pyridine rings is 1. The Balaban J connectivity index is 0.00000363. The van der Waals surface area contributed by atoms with Crippen LogP contribution in [0.2, 0.25) is 0 Å². The molecule has 12 heteroatoms. The molecule has 1 aromatic heterocycles. The maximum atomic E-state index is 13.4. The summed E-state index contributed by atoms with van der Waals surface area (Å²) in [5.41, 5.74) is -2.67. The molecule has 1 aromatic carbocycles. The van der Waals surface area contributed by atoms with Gasteiger partial charge in [-0.15, -0.1) is 0 Å². The van der Waals surface area contributed by atoms with E-state index in [1.165, 1.54) is 22.1 Å². The molecule has 0 aliphatic carbocycles. The zero-order valence-corrected chi connectivity index (χ0v) is 16.1. The first kappa shape index (κ1) is 25.2. The minimum Gasteiger partial charge on any atom is -0.352 e. The van der Waals surface area contributed by atoms with E-state index in [0.717, 1.165) is 12.1 Å². The minimum absolute atomic E-state index is 0. The third-order valence-electron chi connectivity index (χ3n) is 4.80. The van der Waals surface area contributed by atoms with E-state index in [1.807, 2.05) is 0 Å². The average molecular weight is 466 g/mol. The van der Waals surface area contributed by atoms with Gasteiger partial charge >= 0.3 is 18.4 Å². The van der Waals surface area contributed by atoms with Gasteiger partial charge in [0.05, 0.1) is 11.1 Å². The van der Waals surface area contributed by atoms with Crippen LogP contribution in [0.1, 0.15) is 25.5 Å². The average Bonchev–Trinajstić information content (AvgIpc) is 2.67. The summed E-state index contributed by atoms with van der Waals surface area (Å²) in [5, 5.41) is 2.28. The van der Waals surface area contributed by atoms with Crippen molar-refractivity contribution in [2.45, 2.75) is 32.7 Å². The summed E-state index contributed by atoms with van der Waals surface area (Å²) in [6.45, 7) is 1.67. The summed E-state index contributed by atoms with van der Waals surface area (Å²) >= 11 is 0. The first-order valence-corrected chi connectivity index (χ1v) is 9.09. The molecule has 0 unspecified atom stereocenters. The van der Waals surface area contributed by atoms with E-state index in [9.17, 15) is 35.5 Å². The van der Waals surface area contributed by atoms with Gasteiger partial charge in [-0.05, 0) is 37.3 Å². The zero-order chi connectivity index (χ0) is 23.0. The van der Waals surface area contributed by atoms with E-state index in [0.29, 0.717) is 12.1 Å². The van der Waals surface area contributed by atoms with Crippen molar-refractivity contribution in [1.82, 2.24) is 9.88 Å². The second-order valence-electron chi connectivity index (χ2n) is 6.98. The standard InChI is InChI=1S/C19H17F7N4O.CH4/c1-11-10-29(16-13(18(21,22)23)3-2-6-27-16)7-8-30(11)17(31)28-12-4-5-15(20)14(9-12)19(24,25)26;/h2-6,9,11H,7-8,10H2,1H3,(H,28,31);1H4/t11-;/m1./s1. The Kier molecular flexibility index (Phi) is 7.26. The number of amides is 2. The molecule has 5 nitrogen and oxygen atoms in total. The SMILES string of the molecule is C.C[C@@H]1CN(c2ncccc2C(F)(F)F)CCN1C(=O)Nc1ccc(F)c(C(F)(F)F)c1. The Bertz CT molecular complexity index is 962. The van der Waals surface area contributed by atoms with Crippen LogP contribution < -0.4 is 10.2 Å². The molecule has 0 spiro atoms. The smallest absolute Gasteiger partial charge is 0.352 e. The molecule has 176 valence electrons. The number of alkyl halides is 6. The van der Waals surface area contributed by atoms with Crippen molar-refractivity contribution in [1.29, 1.82) is 0 Å². The number of nitrogens with zero attached hydrogens (tertiary/aromatic N) is 3. The lowest BCUT2D eigenvalue weighted by molar-refractivity contribution is -0.140. The van der Waals surface area contributed by atoms with Crippen LogP contribution in [-0.2, 0) is 12.4 Å². The number of carbonyl (C=O) groups is 1. The molecule has 2 aromatic rings. The molecule has 1 aliphatic rings. The third kappa shape index (κ3) is 5.40. The largest absolute Gasteiger partial charge is 0.419 e. The van der Waals surface area contributed by atoms with Crippen molar-refractivity contribution in [3.63, 3.8) is 0 Å². The molecule has 0 bridgehead atoms. The zero-order valence-electron chi connectivity index (χ0n) is 16.1. The minimum atomic E-state index is -4.93. The second kappa shape index (κ2) is 9.21. The first-order chi connectivity index (χ1) is 14.4. The highest BCUT2D eigenvalue weighted by Gasteiger charge is 2.38. The maximum absolute atomic E-state index is 13.4. The van der Waals surface area contributed by atoms with Gasteiger partial charge in [0.2, 0.25) is 0 Å². The normalized spacial score (nSPS) is 17.1. The highest BCUT2D eigenvalue weighted by Crippen LogP contribution is 2.36. The van der Waals surface area contributed by atoms with E-state index in [-0.39, 0.29) is 38.6 Å². The molecule has 1 aliphatic heterocycles. The number of piperazine rings is 1. The van der Waals surface area contributed by atoms with Gasteiger partial charge < -0.3 is 15.1 Å². The number of rotatable bonds is 2. The van der Waals surface area contributed by atoms with E-state index in [4.69, 9.17) is 0 Å². The van der Waals surface area contributed by atoms with Crippen molar-refractivity contribution >= 4 is 17.5 Å². The van der Waals surface area contributed by atoms with Gasteiger partial charge in [0, 0.05) is 37.6 Å². The number of hydrogen-bond acceptors (Lipinski definition) is 3. The van der Waals surface area contributed by atoms with Gasteiger partial charge in [-0.2, -0.15) is 26.3 Å². The molecule has 1 saturated heterocycles. The summed E-state index contributed by atoms with van der Waals surface area (Å²) in [7, 11) is 0. The van der Waals surface area contributed by atoms with Gasteiger partial charge in [0.25, 0.3) is 0 Å². The monoisotopic (exact) mass is 466 g/mol. The Labute approximate surface area is 179 Å². The molecule has 0 saturated carbocycles. The van der Waals surface area contributed by atoms with Crippen molar-refractivity contribution in [3.05, 3.63) is 53.5 Å². The van der Waals surface area contributed by atoms with Gasteiger partial charge in [-0.25, -0.2) is 14.2 Å². The van der Waals surface area contributed by atoms with Crippen molar-refractivity contribution in [3.8, 4) is 0 Å². The fourth-order valence-corrected chi connectivity index (χ4v) is 3.34. The second-order valence-corrected chi connectivity index (χ2v) is 6.98. The molecule has 32 heavy (non-hydrogen) atoms. The Hall–Kier alpha value is -3.05. The lowest BCUT2D eigenvalue weighted by atomic mass is 10.1. The lowest BCUT2D eigenvalue weighted by Crippen LogP contribution is -2.55. The van der Waals surface area contributed by atoms with E-state index in [2.05, 4.69) is 10.3 Å². The van der Waals surface area contributed by atoms with Crippen LogP contribution in [0.4, 0.5) is 47.0 Å². The van der Waals surface area contributed by atoms with Gasteiger partial charge in [-0.1, -0.05) is 7.43 Å². The molecular weight excluding hydrogens is 445 g/mol. The van der Waals surface area contributed by atoms with E-state index < -0.39 is 41.4 Å². The van der Waals surface area contributed by atoms with Crippen molar-refractivity contribution < 1.29 is 35.5 Å². The number of carbonyl (C=O) groups excluding carboxylic acids is 1. The number of halogens is 7. The summed E-state index contributed by atoms with van der Waals surface area (Å²) < 4.78 is 91.7. The van der Waals surface area contributed by atoms with Crippen LogP contribution >= 0.6 is 0 Å².